The van der Waals surface area contributed by atoms with E-state index in [1.807, 2.05) is 352 Å². The van der Waals surface area contributed by atoms with Crippen molar-refractivity contribution in [2.24, 2.45) is 0 Å². The van der Waals surface area contributed by atoms with Gasteiger partial charge in [-0.05, 0) is 77.9 Å². The number of aliphatic hydroxyl groups excluding tert-OH is 1. The monoisotopic (exact) mass is 1960 g/mol. The number of hydrogen-bond acceptors (Lipinski definition) is 24. The lowest BCUT2D eigenvalue weighted by atomic mass is 9.94. The number of alkyl carbamates (subject to hydrolysis) is 1. The zero-order valence-corrected chi connectivity index (χ0v) is 80.3. The van der Waals surface area contributed by atoms with Gasteiger partial charge in [-0.2, -0.15) is 0 Å². The fourth-order valence-corrected chi connectivity index (χ4v) is 18.7. The van der Waals surface area contributed by atoms with Gasteiger partial charge < -0.3 is 116 Å². The molecular weight excluding hydrogens is 1840 g/mol. The molecule has 4 saturated heterocycles. The van der Waals surface area contributed by atoms with Crippen molar-refractivity contribution < 1.29 is 119 Å². The number of aliphatic hydroxyl groups is 1. The van der Waals surface area contributed by atoms with Crippen molar-refractivity contribution in [3.8, 4) is 11.1 Å². The highest BCUT2D eigenvalue weighted by Gasteiger charge is 2.58. The van der Waals surface area contributed by atoms with E-state index in [9.17, 15) is 29.4 Å². The molecule has 5 aliphatic rings. The summed E-state index contributed by atoms with van der Waals surface area (Å²) in [5, 5.41) is 33.7. The van der Waals surface area contributed by atoms with Crippen molar-refractivity contribution in [1.29, 1.82) is 0 Å². The number of carbonyl (C=O) groups excluding carboxylic acids is 3. The highest BCUT2D eigenvalue weighted by atomic mass is 16.8. The van der Waals surface area contributed by atoms with Crippen LogP contribution in [0.1, 0.15) is 86.5 Å². The smallest absolute Gasteiger partial charge is 0.407 e. The van der Waals surface area contributed by atoms with E-state index >= 15 is 0 Å². The molecular formula is C116H123N3O25. The van der Waals surface area contributed by atoms with Gasteiger partial charge in [0, 0.05) is 19.8 Å². The van der Waals surface area contributed by atoms with Crippen LogP contribution < -0.4 is 16.0 Å². The molecule has 17 rings (SSSR count). The Bertz CT molecular complexity index is 5830. The molecule has 5 N–H and O–H groups in total. The summed E-state index contributed by atoms with van der Waals surface area (Å²) < 4.78 is 135. The standard InChI is InChI=1S/C116H123N3O25/c1-77(120)117-99-105(144-115-110(135-70-88-55-31-12-32-56-88)108(133-68-86-51-27-10-28-52-86)103(130-65-83-45-21-7-22-46-83)97(142-115)74-127-62-80-39-15-4-16-40-80)101(122)95(139-112(99)136-72-94(111(123)124)119-116(125)138-71-93-91-59-35-33-57-89(91)90-58-34-36-60-92(90)93)76-137-113-100(118-78(2)121)106(131-66-84-47-23-8-24-48-84)104(98(140-113)75-128-63-81-41-17-5-18-42-81)143-114-109(134-69-87-53-29-11-30-54-87)107(132-67-85-49-25-9-26-50-85)102(129-64-82-43-19-6-20-44-82)96(141-114)73-126-61-79-37-13-3-14-38-79/h3-60,93-110,112-115,122H,61-76H2,1-2H3,(H,117,120)(H,118,121)(H,119,125)(H,123,124)/t94-,95+,96+,97+,98+,99+,100+,101-,102-,103-,104+,105+,106+,107-,108-,109+,110+,112-,113+,114-,115-/m0/s1. The first kappa shape index (κ1) is 103. The number of benzene rings is 12. The average Bonchev–Trinajstić information content (AvgIpc) is 1.44. The molecule has 0 saturated carbocycles. The third-order valence-electron chi connectivity index (χ3n) is 25.8. The Hall–Kier alpha value is -12.4. The van der Waals surface area contributed by atoms with Crippen molar-refractivity contribution in [2.75, 3.05) is 39.6 Å². The SMILES string of the molecule is CC(=O)N[C@H]1[C@H](OC[C@H]2O[C@H](OC[C@H](NC(=O)OCC3c4ccccc4-c4ccccc43)C(=O)O)[C@H](NC(C)=O)[C@@H](O[C@@H]3O[C@H](COCc4ccccc4)[C@H](OCc4ccccc4)[C@H](OCc4ccccc4)[C@H]3OCc3ccccc3)[C@H]2O)O[C@H](COCc2ccccc2)[C@@H](O[C@@H]2O[C@H](COCc3ccccc3)[C@H](OCc3ccccc3)[C@H](OCc3ccccc3)[C@H]2OCc2ccccc2)[C@@H]1OCc1ccccc1. The maximum absolute atomic E-state index is 14.6. The molecule has 21 atom stereocenters. The molecule has 12 aromatic rings. The summed E-state index contributed by atoms with van der Waals surface area (Å²) in [6, 6.07) is 107. The number of amides is 3. The number of carbonyl (C=O) groups is 4. The molecule has 3 amide bonds. The third kappa shape index (κ3) is 28.6. The van der Waals surface area contributed by atoms with Gasteiger partial charge in [0.25, 0.3) is 0 Å². The number of carboxylic acid groups (broad SMARTS) is 1. The van der Waals surface area contributed by atoms with E-state index in [0.29, 0.717) is 0 Å². The topological polar surface area (TPSA) is 320 Å². The fraction of sp³-hybridized carbons (Fsp3) is 0.345. The van der Waals surface area contributed by atoms with Crippen molar-refractivity contribution >= 4 is 23.9 Å². The second-order valence-electron chi connectivity index (χ2n) is 36.2. The summed E-state index contributed by atoms with van der Waals surface area (Å²) in [6.07, 6.45) is -25.2. The molecule has 0 unspecified atom stereocenters. The van der Waals surface area contributed by atoms with Gasteiger partial charge in [-0.25, -0.2) is 9.59 Å². The maximum Gasteiger partial charge on any atom is 0.407 e. The van der Waals surface area contributed by atoms with Crippen LogP contribution in [0.5, 0.6) is 0 Å². The minimum Gasteiger partial charge on any atom is -0.480 e. The fourth-order valence-electron chi connectivity index (χ4n) is 18.7. The second-order valence-corrected chi connectivity index (χ2v) is 36.2. The first-order valence-corrected chi connectivity index (χ1v) is 48.9. The van der Waals surface area contributed by atoms with Gasteiger partial charge in [-0.3, -0.25) is 9.59 Å². The van der Waals surface area contributed by atoms with Crippen LogP contribution >= 0.6 is 0 Å². The van der Waals surface area contributed by atoms with E-state index in [4.69, 9.17) is 90.0 Å². The third-order valence-corrected chi connectivity index (χ3v) is 25.8. The van der Waals surface area contributed by atoms with Crippen molar-refractivity contribution in [3.05, 3.63) is 419 Å². The molecule has 0 aromatic heterocycles. The predicted octanol–water partition coefficient (Wildman–Crippen LogP) is 15.8. The lowest BCUT2D eigenvalue weighted by Gasteiger charge is -2.51. The number of fused-ring (bicyclic) bond motifs is 3. The Morgan fingerprint density at radius 1 is 0.285 bits per heavy atom. The largest absolute Gasteiger partial charge is 0.480 e. The molecule has 0 spiro atoms. The van der Waals surface area contributed by atoms with Crippen LogP contribution in [-0.4, -0.2) is 202 Å². The van der Waals surface area contributed by atoms with Crippen molar-refractivity contribution in [1.82, 2.24) is 16.0 Å². The number of aliphatic carboxylic acids is 1. The number of ether oxygens (including phenoxy) is 19. The van der Waals surface area contributed by atoms with E-state index < -0.39 is 172 Å². The minimum absolute atomic E-state index is 0.0259. The van der Waals surface area contributed by atoms with Crippen LogP contribution in [0.25, 0.3) is 11.1 Å². The number of nitrogens with one attached hydrogen (secondary N) is 3. The summed E-state index contributed by atoms with van der Waals surface area (Å²) in [4.78, 5) is 57.0. The maximum atomic E-state index is 14.6. The number of rotatable bonds is 49. The number of hydrogen-bond donors (Lipinski definition) is 5. The van der Waals surface area contributed by atoms with Crippen LogP contribution in [0.4, 0.5) is 4.79 Å². The molecule has 4 heterocycles. The summed E-state index contributed by atoms with van der Waals surface area (Å²) in [7, 11) is 0. The quantitative estimate of drug-likeness (QED) is 0.0236. The first-order chi connectivity index (χ1) is 70.7. The second kappa shape index (κ2) is 52.9. The molecule has 0 radical (unpaired) electrons. The Morgan fingerprint density at radius 2 is 0.562 bits per heavy atom. The van der Waals surface area contributed by atoms with Gasteiger partial charge in [-0.15, -0.1) is 0 Å². The lowest BCUT2D eigenvalue weighted by Crippen LogP contribution is -2.70. The first-order valence-electron chi connectivity index (χ1n) is 48.9. The van der Waals surface area contributed by atoms with Gasteiger partial charge in [-0.1, -0.05) is 352 Å². The molecule has 28 heteroatoms. The molecule has 1 aliphatic carbocycles. The van der Waals surface area contributed by atoms with Crippen molar-refractivity contribution in [3.63, 3.8) is 0 Å². The Labute approximate surface area is 838 Å². The highest BCUT2D eigenvalue weighted by Crippen LogP contribution is 2.46. The zero-order chi connectivity index (χ0) is 99.0. The van der Waals surface area contributed by atoms with E-state index in [0.717, 1.165) is 77.9 Å². The van der Waals surface area contributed by atoms with Gasteiger partial charge in [0.15, 0.2) is 31.2 Å². The number of carboxylic acids is 1. The molecule has 4 fully saturated rings. The summed E-state index contributed by atoms with van der Waals surface area (Å²) in [5.41, 5.74) is 12.1. The van der Waals surface area contributed by atoms with E-state index in [2.05, 4.69) is 16.0 Å². The Morgan fingerprint density at radius 3 is 0.910 bits per heavy atom. The Balaban J connectivity index is 0.747. The summed E-state index contributed by atoms with van der Waals surface area (Å²) in [5.74, 6) is -3.16. The van der Waals surface area contributed by atoms with E-state index in [1.165, 1.54) is 13.8 Å². The van der Waals surface area contributed by atoms with Crippen LogP contribution in [0.15, 0.2) is 352 Å². The van der Waals surface area contributed by atoms with E-state index in [1.54, 1.807) is 0 Å². The summed E-state index contributed by atoms with van der Waals surface area (Å²) >= 11 is 0. The molecule has 4 aliphatic heterocycles. The molecule has 752 valence electrons. The molecule has 0 bridgehead atoms. The van der Waals surface area contributed by atoms with Crippen LogP contribution in [-0.2, 0) is 170 Å². The minimum atomic E-state index is -1.93. The highest BCUT2D eigenvalue weighted by molar-refractivity contribution is 5.81. The predicted molar refractivity (Wildman–Crippen MR) is 531 cm³/mol. The van der Waals surface area contributed by atoms with Gasteiger partial charge in [0.05, 0.1) is 99.1 Å². The Kier molecular flexibility index (Phi) is 37.8. The zero-order valence-electron chi connectivity index (χ0n) is 80.3. The van der Waals surface area contributed by atoms with Crippen LogP contribution in [0.2, 0.25) is 0 Å². The average molecular weight is 1960 g/mol. The van der Waals surface area contributed by atoms with E-state index in [-0.39, 0.29) is 92.5 Å². The van der Waals surface area contributed by atoms with Gasteiger partial charge in [0.2, 0.25) is 11.8 Å². The van der Waals surface area contributed by atoms with Gasteiger partial charge >= 0.3 is 12.1 Å². The van der Waals surface area contributed by atoms with Gasteiger partial charge in [0.1, 0.15) is 104 Å². The van der Waals surface area contributed by atoms with Crippen LogP contribution in [0, 0.1) is 0 Å². The van der Waals surface area contributed by atoms with Crippen LogP contribution in [0.3, 0.4) is 0 Å². The molecule has 28 nitrogen and oxygen atoms in total. The van der Waals surface area contributed by atoms with Crippen molar-refractivity contribution in [2.45, 2.75) is 215 Å². The summed E-state index contributed by atoms with van der Waals surface area (Å²) in [6.45, 7) is 1.11. The normalized spacial score (nSPS) is 24.7. The molecule has 144 heavy (non-hydrogen) atoms. The lowest BCUT2D eigenvalue weighted by molar-refractivity contribution is -0.371. The molecule has 12 aromatic carbocycles.